The van der Waals surface area contributed by atoms with Crippen LogP contribution >= 0.6 is 0 Å². The summed E-state index contributed by atoms with van der Waals surface area (Å²) in [5, 5.41) is 8.87. The van der Waals surface area contributed by atoms with Crippen LogP contribution in [0.15, 0.2) is 0 Å². The maximum atomic E-state index is 11.6. The standard InChI is InChI=1S/C11H23NO3/c1-5-6-9-15-10(14)12(7-8-13)11(2,3)4/h13H,5-9H2,1-4H3. The van der Waals surface area contributed by atoms with Crippen LogP contribution in [0.3, 0.4) is 0 Å². The summed E-state index contributed by atoms with van der Waals surface area (Å²) in [6.45, 7) is 8.53. The van der Waals surface area contributed by atoms with Gasteiger partial charge in [-0.2, -0.15) is 0 Å². The molecule has 0 aromatic rings. The Kier molecular flexibility index (Phi) is 6.32. The molecule has 1 amide bonds. The molecule has 0 aliphatic heterocycles. The zero-order valence-corrected chi connectivity index (χ0v) is 10.2. The lowest BCUT2D eigenvalue weighted by molar-refractivity contribution is 0.0573. The van der Waals surface area contributed by atoms with Crippen molar-refractivity contribution in [3.63, 3.8) is 0 Å². The Morgan fingerprint density at radius 1 is 1.40 bits per heavy atom. The number of amides is 1. The summed E-state index contributed by atoms with van der Waals surface area (Å²) in [5.41, 5.74) is -0.313. The van der Waals surface area contributed by atoms with Gasteiger partial charge < -0.3 is 14.7 Å². The number of carbonyl (C=O) groups is 1. The smallest absolute Gasteiger partial charge is 0.410 e. The van der Waals surface area contributed by atoms with E-state index in [-0.39, 0.29) is 18.2 Å². The summed E-state index contributed by atoms with van der Waals surface area (Å²) in [4.78, 5) is 13.2. The van der Waals surface area contributed by atoms with Gasteiger partial charge in [0, 0.05) is 12.1 Å². The molecule has 0 saturated heterocycles. The van der Waals surface area contributed by atoms with Gasteiger partial charge in [-0.3, -0.25) is 0 Å². The van der Waals surface area contributed by atoms with Gasteiger partial charge in [0.05, 0.1) is 13.2 Å². The van der Waals surface area contributed by atoms with Crippen molar-refractivity contribution in [2.24, 2.45) is 0 Å². The number of unbranched alkanes of at least 4 members (excludes halogenated alkanes) is 1. The van der Waals surface area contributed by atoms with Crippen molar-refractivity contribution in [1.82, 2.24) is 4.90 Å². The Morgan fingerprint density at radius 3 is 2.40 bits per heavy atom. The molecule has 0 unspecified atom stereocenters. The molecule has 0 bridgehead atoms. The highest BCUT2D eigenvalue weighted by Gasteiger charge is 2.26. The average molecular weight is 217 g/mol. The minimum atomic E-state index is -0.343. The van der Waals surface area contributed by atoms with E-state index < -0.39 is 0 Å². The first-order valence-electron chi connectivity index (χ1n) is 5.48. The van der Waals surface area contributed by atoms with Crippen molar-refractivity contribution in [2.75, 3.05) is 19.8 Å². The van der Waals surface area contributed by atoms with Gasteiger partial charge in [-0.1, -0.05) is 13.3 Å². The van der Waals surface area contributed by atoms with Crippen LogP contribution in [0.5, 0.6) is 0 Å². The van der Waals surface area contributed by atoms with Crippen LogP contribution < -0.4 is 0 Å². The van der Waals surface area contributed by atoms with Crippen LogP contribution in [0.2, 0.25) is 0 Å². The number of ether oxygens (including phenoxy) is 1. The molecule has 4 nitrogen and oxygen atoms in total. The van der Waals surface area contributed by atoms with Crippen molar-refractivity contribution < 1.29 is 14.6 Å². The zero-order chi connectivity index (χ0) is 11.9. The molecular weight excluding hydrogens is 194 g/mol. The number of rotatable bonds is 5. The summed E-state index contributed by atoms with van der Waals surface area (Å²) in [7, 11) is 0. The van der Waals surface area contributed by atoms with Gasteiger partial charge in [-0.25, -0.2) is 4.79 Å². The molecule has 0 aliphatic carbocycles. The van der Waals surface area contributed by atoms with E-state index in [1.54, 1.807) is 4.90 Å². The topological polar surface area (TPSA) is 49.8 Å². The van der Waals surface area contributed by atoms with Crippen molar-refractivity contribution >= 4 is 6.09 Å². The molecule has 0 spiro atoms. The Bertz CT molecular complexity index is 187. The number of β-amino-alcohol motifs (C(OH)–C–C–N with tert-alkyl or cyclic N) is 1. The van der Waals surface area contributed by atoms with Gasteiger partial charge in [-0.15, -0.1) is 0 Å². The second-order valence-corrected chi connectivity index (χ2v) is 4.51. The lowest BCUT2D eigenvalue weighted by Crippen LogP contribution is -2.47. The van der Waals surface area contributed by atoms with E-state index in [0.717, 1.165) is 12.8 Å². The van der Waals surface area contributed by atoms with Gasteiger partial charge in [0.25, 0.3) is 0 Å². The van der Waals surface area contributed by atoms with Crippen LogP contribution in [0.1, 0.15) is 40.5 Å². The quantitative estimate of drug-likeness (QED) is 0.717. The number of nitrogens with zero attached hydrogens (tertiary/aromatic N) is 1. The summed E-state index contributed by atoms with van der Waals surface area (Å²) in [6.07, 6.45) is 1.54. The Balaban J connectivity index is 4.18. The predicted octanol–water partition coefficient (Wildman–Crippen LogP) is 2.02. The number of carbonyl (C=O) groups excluding carboxylic acids is 1. The molecule has 15 heavy (non-hydrogen) atoms. The molecule has 0 fully saturated rings. The fraction of sp³-hybridized carbons (Fsp3) is 0.909. The summed E-state index contributed by atoms with van der Waals surface area (Å²) in [6, 6.07) is 0. The first kappa shape index (κ1) is 14.2. The number of aliphatic hydroxyl groups excluding tert-OH is 1. The highest BCUT2D eigenvalue weighted by Crippen LogP contribution is 2.14. The van der Waals surface area contributed by atoms with E-state index in [4.69, 9.17) is 9.84 Å². The van der Waals surface area contributed by atoms with Gasteiger partial charge in [0.1, 0.15) is 0 Å². The van der Waals surface area contributed by atoms with E-state index >= 15 is 0 Å². The Hall–Kier alpha value is -0.770. The van der Waals surface area contributed by atoms with Gasteiger partial charge in [0.15, 0.2) is 0 Å². The number of hydrogen-bond acceptors (Lipinski definition) is 3. The second-order valence-electron chi connectivity index (χ2n) is 4.51. The lowest BCUT2D eigenvalue weighted by Gasteiger charge is -2.34. The highest BCUT2D eigenvalue weighted by molar-refractivity contribution is 5.68. The summed E-state index contributed by atoms with van der Waals surface area (Å²) < 4.78 is 5.10. The van der Waals surface area contributed by atoms with E-state index in [1.165, 1.54) is 0 Å². The second kappa shape index (κ2) is 6.67. The number of hydrogen-bond donors (Lipinski definition) is 1. The van der Waals surface area contributed by atoms with Gasteiger partial charge >= 0.3 is 6.09 Å². The van der Waals surface area contributed by atoms with E-state index in [0.29, 0.717) is 13.2 Å². The Morgan fingerprint density at radius 2 is 2.00 bits per heavy atom. The SMILES string of the molecule is CCCCOC(=O)N(CCO)C(C)(C)C. The van der Waals surface area contributed by atoms with Crippen molar-refractivity contribution in [3.05, 3.63) is 0 Å². The molecule has 0 atom stereocenters. The molecule has 90 valence electrons. The van der Waals surface area contributed by atoms with Crippen LogP contribution in [-0.2, 0) is 4.74 Å². The van der Waals surface area contributed by atoms with Crippen LogP contribution in [0.25, 0.3) is 0 Å². The average Bonchev–Trinajstić information content (AvgIpc) is 2.12. The largest absolute Gasteiger partial charge is 0.449 e. The van der Waals surface area contributed by atoms with Crippen LogP contribution in [0, 0.1) is 0 Å². The normalized spacial score (nSPS) is 11.3. The summed E-state index contributed by atoms with van der Waals surface area (Å²) >= 11 is 0. The molecule has 0 saturated carbocycles. The van der Waals surface area contributed by atoms with Gasteiger partial charge in [0.2, 0.25) is 0 Å². The van der Waals surface area contributed by atoms with Crippen molar-refractivity contribution in [2.45, 2.75) is 46.1 Å². The van der Waals surface area contributed by atoms with E-state index in [2.05, 4.69) is 0 Å². The minimum absolute atomic E-state index is 0.0415. The molecule has 0 rings (SSSR count). The molecule has 0 radical (unpaired) electrons. The molecule has 0 aliphatic rings. The van der Waals surface area contributed by atoms with Crippen molar-refractivity contribution in [1.29, 1.82) is 0 Å². The molecular formula is C11H23NO3. The predicted molar refractivity (Wildman–Crippen MR) is 59.8 cm³/mol. The zero-order valence-electron chi connectivity index (χ0n) is 10.2. The highest BCUT2D eigenvalue weighted by atomic mass is 16.6. The molecule has 0 aromatic heterocycles. The van der Waals surface area contributed by atoms with Gasteiger partial charge in [-0.05, 0) is 27.2 Å². The third-order valence-electron chi connectivity index (χ3n) is 2.08. The molecule has 1 N–H and O–H groups in total. The van der Waals surface area contributed by atoms with Crippen LogP contribution in [-0.4, -0.2) is 41.4 Å². The summed E-state index contributed by atoms with van der Waals surface area (Å²) in [5.74, 6) is 0. The van der Waals surface area contributed by atoms with Crippen LogP contribution in [0.4, 0.5) is 4.79 Å². The fourth-order valence-corrected chi connectivity index (χ4v) is 1.18. The minimum Gasteiger partial charge on any atom is -0.449 e. The molecule has 0 heterocycles. The third kappa shape index (κ3) is 5.62. The maximum absolute atomic E-state index is 11.6. The first-order chi connectivity index (χ1) is 6.93. The number of aliphatic hydroxyl groups is 1. The van der Waals surface area contributed by atoms with E-state index in [1.807, 2.05) is 27.7 Å². The fourth-order valence-electron chi connectivity index (χ4n) is 1.18. The first-order valence-corrected chi connectivity index (χ1v) is 5.48. The van der Waals surface area contributed by atoms with Crippen molar-refractivity contribution in [3.8, 4) is 0 Å². The molecule has 4 heteroatoms. The monoisotopic (exact) mass is 217 g/mol. The lowest BCUT2D eigenvalue weighted by atomic mass is 10.1. The Labute approximate surface area is 92.2 Å². The maximum Gasteiger partial charge on any atom is 0.410 e. The third-order valence-corrected chi connectivity index (χ3v) is 2.08. The van der Waals surface area contributed by atoms with E-state index in [9.17, 15) is 4.79 Å². The molecule has 0 aromatic carbocycles.